The Kier molecular flexibility index (Phi) is 5.51. The van der Waals surface area contributed by atoms with Gasteiger partial charge >= 0.3 is 0 Å². The average molecular weight is 421 g/mol. The van der Waals surface area contributed by atoms with Gasteiger partial charge in [0, 0.05) is 5.02 Å². The number of nitrogens with zero attached hydrogens (tertiary/aromatic N) is 1. The molecule has 27 heavy (non-hydrogen) atoms. The summed E-state index contributed by atoms with van der Waals surface area (Å²) >= 11 is 17.5. The number of carbonyl (C=O) groups is 2. The van der Waals surface area contributed by atoms with Crippen LogP contribution in [0, 0.1) is 6.92 Å². The van der Waals surface area contributed by atoms with Crippen LogP contribution in [0.2, 0.25) is 10.0 Å². The summed E-state index contributed by atoms with van der Waals surface area (Å²) in [5.41, 5.74) is 1.70. The molecular formula is C19H14Cl2N2O3S. The minimum absolute atomic E-state index is 0.000259. The Morgan fingerprint density at radius 2 is 1.89 bits per heavy atom. The summed E-state index contributed by atoms with van der Waals surface area (Å²) in [7, 11) is 1.50. The zero-order chi connectivity index (χ0) is 19.7. The lowest BCUT2D eigenvalue weighted by atomic mass is 10.1. The van der Waals surface area contributed by atoms with Crippen LogP contribution in [-0.4, -0.2) is 24.0 Å². The minimum Gasteiger partial charge on any atom is -0.495 e. The van der Waals surface area contributed by atoms with E-state index in [0.29, 0.717) is 32.6 Å². The Balaban J connectivity index is 2.05. The SMILES string of the molecule is COc1ccc(/C=C2\C(=O)NC(=S)N(c3cccc(Cl)c3C)C2=O)cc1Cl. The van der Waals surface area contributed by atoms with Crippen LogP contribution in [0.15, 0.2) is 42.0 Å². The third-order valence-electron chi connectivity index (χ3n) is 4.07. The van der Waals surface area contributed by atoms with Crippen LogP contribution in [0.25, 0.3) is 6.08 Å². The number of hydrogen-bond acceptors (Lipinski definition) is 4. The number of thiocarbonyl (C=S) groups is 1. The Bertz CT molecular complexity index is 1000. The molecule has 0 radical (unpaired) electrons. The Morgan fingerprint density at radius 1 is 1.15 bits per heavy atom. The number of methoxy groups -OCH3 is 1. The van der Waals surface area contributed by atoms with E-state index in [1.807, 2.05) is 0 Å². The largest absolute Gasteiger partial charge is 0.495 e. The molecule has 0 bridgehead atoms. The highest BCUT2D eigenvalue weighted by molar-refractivity contribution is 7.80. The molecule has 0 saturated carbocycles. The van der Waals surface area contributed by atoms with Crippen molar-refractivity contribution in [2.75, 3.05) is 12.0 Å². The van der Waals surface area contributed by atoms with Crippen LogP contribution in [0.4, 0.5) is 5.69 Å². The molecule has 1 N–H and O–H groups in total. The third-order valence-corrected chi connectivity index (χ3v) is 5.06. The van der Waals surface area contributed by atoms with Gasteiger partial charge < -0.3 is 4.74 Å². The first kappa shape index (κ1) is 19.4. The lowest BCUT2D eigenvalue weighted by molar-refractivity contribution is -0.122. The molecule has 138 valence electrons. The first-order valence-electron chi connectivity index (χ1n) is 7.83. The van der Waals surface area contributed by atoms with Gasteiger partial charge in [-0.25, -0.2) is 0 Å². The molecule has 1 saturated heterocycles. The van der Waals surface area contributed by atoms with Crippen molar-refractivity contribution in [2.24, 2.45) is 0 Å². The lowest BCUT2D eigenvalue weighted by Crippen LogP contribution is -2.54. The molecule has 0 unspecified atom stereocenters. The number of amides is 2. The maximum atomic E-state index is 13.0. The van der Waals surface area contributed by atoms with E-state index in [1.165, 1.54) is 18.1 Å². The second-order valence-corrected chi connectivity index (χ2v) is 6.94. The molecule has 0 spiro atoms. The molecule has 1 heterocycles. The summed E-state index contributed by atoms with van der Waals surface area (Å²) in [6.07, 6.45) is 1.46. The van der Waals surface area contributed by atoms with E-state index in [2.05, 4.69) is 5.32 Å². The first-order chi connectivity index (χ1) is 12.8. The van der Waals surface area contributed by atoms with Crippen molar-refractivity contribution >= 4 is 64.1 Å². The summed E-state index contributed by atoms with van der Waals surface area (Å²) < 4.78 is 5.11. The summed E-state index contributed by atoms with van der Waals surface area (Å²) in [6.45, 7) is 1.77. The minimum atomic E-state index is -0.576. The molecule has 0 aromatic heterocycles. The van der Waals surface area contributed by atoms with Crippen LogP contribution < -0.4 is 15.0 Å². The number of hydrogen-bond donors (Lipinski definition) is 1. The molecule has 2 aromatic rings. The van der Waals surface area contributed by atoms with E-state index < -0.39 is 11.8 Å². The van der Waals surface area contributed by atoms with Crippen molar-refractivity contribution in [3.05, 3.63) is 63.1 Å². The second-order valence-electron chi connectivity index (χ2n) is 5.74. The number of nitrogens with one attached hydrogen (secondary N) is 1. The highest BCUT2D eigenvalue weighted by Gasteiger charge is 2.35. The van der Waals surface area contributed by atoms with E-state index in [1.54, 1.807) is 43.3 Å². The molecule has 8 heteroatoms. The predicted molar refractivity (Wildman–Crippen MR) is 110 cm³/mol. The van der Waals surface area contributed by atoms with Gasteiger partial charge in [-0.1, -0.05) is 35.3 Å². The topological polar surface area (TPSA) is 58.6 Å². The number of rotatable bonds is 3. The highest BCUT2D eigenvalue weighted by atomic mass is 35.5. The van der Waals surface area contributed by atoms with E-state index >= 15 is 0 Å². The molecule has 3 rings (SSSR count). The van der Waals surface area contributed by atoms with Crippen LogP contribution in [0.5, 0.6) is 5.75 Å². The Morgan fingerprint density at radius 3 is 2.56 bits per heavy atom. The molecule has 1 aliphatic heterocycles. The lowest BCUT2D eigenvalue weighted by Gasteiger charge is -2.30. The standard InChI is InChI=1S/C19H14Cl2N2O3S/c1-10-13(20)4-3-5-15(10)23-18(25)12(17(24)22-19(23)27)8-11-6-7-16(26-2)14(21)9-11/h3-9H,1-2H3,(H,22,24,27)/b12-8+. The first-order valence-corrected chi connectivity index (χ1v) is 9.00. The van der Waals surface area contributed by atoms with Gasteiger partial charge in [-0.3, -0.25) is 19.8 Å². The molecule has 5 nitrogen and oxygen atoms in total. The molecule has 0 aliphatic carbocycles. The number of anilines is 1. The number of halogens is 2. The quantitative estimate of drug-likeness (QED) is 0.460. The van der Waals surface area contributed by atoms with E-state index in [-0.39, 0.29) is 10.7 Å². The molecule has 0 atom stereocenters. The Hall–Kier alpha value is -2.41. The summed E-state index contributed by atoms with van der Waals surface area (Å²) in [5, 5.41) is 3.40. The van der Waals surface area contributed by atoms with Crippen LogP contribution >= 0.6 is 35.4 Å². The summed E-state index contributed by atoms with van der Waals surface area (Å²) in [5.74, 6) is -0.621. The fourth-order valence-corrected chi connectivity index (χ4v) is 3.36. The van der Waals surface area contributed by atoms with E-state index in [9.17, 15) is 9.59 Å². The van der Waals surface area contributed by atoms with Gasteiger partial charge in [-0.05, 0) is 60.6 Å². The number of benzene rings is 2. The normalized spacial score (nSPS) is 15.9. The van der Waals surface area contributed by atoms with Gasteiger partial charge in [0.25, 0.3) is 11.8 Å². The zero-order valence-corrected chi connectivity index (χ0v) is 16.7. The second kappa shape index (κ2) is 7.68. The predicted octanol–water partition coefficient (Wildman–Crippen LogP) is 4.14. The zero-order valence-electron chi connectivity index (χ0n) is 14.4. The van der Waals surface area contributed by atoms with Crippen LogP contribution in [0.3, 0.4) is 0 Å². The van der Waals surface area contributed by atoms with Crippen molar-refractivity contribution in [1.82, 2.24) is 5.32 Å². The van der Waals surface area contributed by atoms with Gasteiger partial charge in [-0.2, -0.15) is 0 Å². The van der Waals surface area contributed by atoms with Crippen molar-refractivity contribution in [3.63, 3.8) is 0 Å². The van der Waals surface area contributed by atoms with Crippen LogP contribution in [0.1, 0.15) is 11.1 Å². The monoisotopic (exact) mass is 420 g/mol. The fraction of sp³-hybridized carbons (Fsp3) is 0.105. The molecular weight excluding hydrogens is 407 g/mol. The van der Waals surface area contributed by atoms with Gasteiger partial charge in [-0.15, -0.1) is 0 Å². The van der Waals surface area contributed by atoms with Crippen molar-refractivity contribution in [3.8, 4) is 5.75 Å². The van der Waals surface area contributed by atoms with E-state index in [4.69, 9.17) is 40.2 Å². The maximum absolute atomic E-state index is 13.0. The van der Waals surface area contributed by atoms with Gasteiger partial charge in [0.2, 0.25) is 0 Å². The highest BCUT2D eigenvalue weighted by Crippen LogP contribution is 2.30. The summed E-state index contributed by atoms with van der Waals surface area (Å²) in [6, 6.07) is 10.1. The molecule has 1 fully saturated rings. The molecule has 1 aliphatic rings. The fourth-order valence-electron chi connectivity index (χ4n) is 2.65. The van der Waals surface area contributed by atoms with Crippen molar-refractivity contribution in [2.45, 2.75) is 6.92 Å². The van der Waals surface area contributed by atoms with Crippen LogP contribution in [-0.2, 0) is 9.59 Å². The van der Waals surface area contributed by atoms with Gasteiger partial charge in [0.05, 0.1) is 17.8 Å². The third kappa shape index (κ3) is 3.69. The summed E-state index contributed by atoms with van der Waals surface area (Å²) in [4.78, 5) is 26.6. The van der Waals surface area contributed by atoms with Crippen molar-refractivity contribution < 1.29 is 14.3 Å². The van der Waals surface area contributed by atoms with E-state index in [0.717, 1.165) is 0 Å². The maximum Gasteiger partial charge on any atom is 0.270 e. The Labute approximate surface area is 171 Å². The number of carbonyl (C=O) groups excluding carboxylic acids is 2. The average Bonchev–Trinajstić information content (AvgIpc) is 2.62. The van der Waals surface area contributed by atoms with Gasteiger partial charge in [0.15, 0.2) is 5.11 Å². The molecule has 2 aromatic carbocycles. The van der Waals surface area contributed by atoms with Crippen molar-refractivity contribution in [1.29, 1.82) is 0 Å². The number of ether oxygens (including phenoxy) is 1. The smallest absolute Gasteiger partial charge is 0.270 e. The molecule has 2 amide bonds. The van der Waals surface area contributed by atoms with Gasteiger partial charge in [0.1, 0.15) is 11.3 Å².